The Hall–Kier alpha value is -2.13. The molecule has 2 fully saturated rings. The van der Waals surface area contributed by atoms with Crippen LogP contribution in [0.4, 0.5) is 0 Å². The zero-order chi connectivity index (χ0) is 15.9. The fraction of sp³-hybridized carbons (Fsp3) is 0.381. The summed E-state index contributed by atoms with van der Waals surface area (Å²) in [6.45, 7) is 1.10. The first kappa shape index (κ1) is 14.2. The highest BCUT2D eigenvalue weighted by atomic mass is 15.2. The maximum atomic E-state index is 4.60. The molecule has 2 unspecified atom stereocenters. The molecule has 0 aliphatic carbocycles. The Kier molecular flexibility index (Phi) is 3.41. The molecule has 3 heteroatoms. The van der Waals surface area contributed by atoms with E-state index in [0.29, 0.717) is 6.04 Å². The standard InChI is InChI=1S/C21H23N3/c1-2-6-16(7-3-1)14-23-17-10-11-18(23)13-19(12-17)24-15-22-20-8-4-5-9-21(20)24/h1-9,15,17-19H,10-14H2. The van der Waals surface area contributed by atoms with Crippen LogP contribution >= 0.6 is 0 Å². The summed E-state index contributed by atoms with van der Waals surface area (Å²) in [5.74, 6) is 0. The van der Waals surface area contributed by atoms with Crippen LogP contribution in [-0.2, 0) is 6.54 Å². The third-order valence-electron chi connectivity index (χ3n) is 5.94. The van der Waals surface area contributed by atoms with Gasteiger partial charge in [0.1, 0.15) is 0 Å². The number of benzene rings is 2. The van der Waals surface area contributed by atoms with E-state index in [9.17, 15) is 0 Å². The van der Waals surface area contributed by atoms with Gasteiger partial charge in [-0.25, -0.2) is 4.98 Å². The van der Waals surface area contributed by atoms with Crippen molar-refractivity contribution in [1.29, 1.82) is 0 Å². The summed E-state index contributed by atoms with van der Waals surface area (Å²) in [5.41, 5.74) is 3.86. The van der Waals surface area contributed by atoms with Gasteiger partial charge in [0.05, 0.1) is 17.4 Å². The van der Waals surface area contributed by atoms with Crippen LogP contribution in [0.1, 0.15) is 37.3 Å². The summed E-state index contributed by atoms with van der Waals surface area (Å²) in [4.78, 5) is 7.36. The maximum Gasteiger partial charge on any atom is 0.0960 e. The van der Waals surface area contributed by atoms with Gasteiger partial charge in [-0.15, -0.1) is 0 Å². The summed E-state index contributed by atoms with van der Waals surface area (Å²) in [5, 5.41) is 0. The summed E-state index contributed by atoms with van der Waals surface area (Å²) in [6.07, 6.45) is 7.26. The van der Waals surface area contributed by atoms with Crippen LogP contribution in [0.15, 0.2) is 60.9 Å². The molecule has 3 aromatic rings. The number of piperidine rings is 1. The van der Waals surface area contributed by atoms with Gasteiger partial charge in [-0.2, -0.15) is 0 Å². The van der Waals surface area contributed by atoms with Gasteiger partial charge in [0.25, 0.3) is 0 Å². The van der Waals surface area contributed by atoms with Crippen molar-refractivity contribution < 1.29 is 0 Å². The molecule has 24 heavy (non-hydrogen) atoms. The maximum absolute atomic E-state index is 4.60. The number of para-hydroxylation sites is 2. The van der Waals surface area contributed by atoms with Gasteiger partial charge >= 0.3 is 0 Å². The zero-order valence-electron chi connectivity index (χ0n) is 13.9. The molecule has 1 aromatic heterocycles. The number of hydrogen-bond donors (Lipinski definition) is 0. The second-order valence-electron chi connectivity index (χ2n) is 7.31. The van der Waals surface area contributed by atoms with Crippen LogP contribution in [0.3, 0.4) is 0 Å². The summed E-state index contributed by atoms with van der Waals surface area (Å²) in [7, 11) is 0. The molecule has 2 aliphatic rings. The molecule has 0 N–H and O–H groups in total. The Morgan fingerprint density at radius 1 is 0.833 bits per heavy atom. The highest BCUT2D eigenvalue weighted by Crippen LogP contribution is 2.42. The van der Waals surface area contributed by atoms with Crippen molar-refractivity contribution in [3.05, 3.63) is 66.5 Å². The van der Waals surface area contributed by atoms with Crippen LogP contribution < -0.4 is 0 Å². The van der Waals surface area contributed by atoms with Crippen LogP contribution in [0.5, 0.6) is 0 Å². The molecular weight excluding hydrogens is 294 g/mol. The lowest BCUT2D eigenvalue weighted by Gasteiger charge is -2.39. The van der Waals surface area contributed by atoms with Gasteiger partial charge in [0, 0.05) is 24.7 Å². The Morgan fingerprint density at radius 3 is 2.33 bits per heavy atom. The lowest BCUT2D eigenvalue weighted by molar-refractivity contribution is 0.101. The van der Waals surface area contributed by atoms with Gasteiger partial charge in [-0.05, 0) is 43.4 Å². The topological polar surface area (TPSA) is 21.1 Å². The molecule has 122 valence electrons. The van der Waals surface area contributed by atoms with Crippen molar-refractivity contribution in [2.24, 2.45) is 0 Å². The molecule has 2 atom stereocenters. The molecule has 2 aromatic carbocycles. The van der Waals surface area contributed by atoms with E-state index in [0.717, 1.165) is 24.1 Å². The first-order valence-electron chi connectivity index (χ1n) is 9.10. The minimum absolute atomic E-state index is 0.599. The molecule has 0 radical (unpaired) electrons. The van der Waals surface area contributed by atoms with Crippen molar-refractivity contribution in [2.45, 2.75) is 50.4 Å². The van der Waals surface area contributed by atoms with Gasteiger partial charge in [-0.3, -0.25) is 4.90 Å². The number of aromatic nitrogens is 2. The van der Waals surface area contributed by atoms with E-state index >= 15 is 0 Å². The third kappa shape index (κ3) is 2.35. The van der Waals surface area contributed by atoms with Crippen molar-refractivity contribution in [2.75, 3.05) is 0 Å². The Bertz CT molecular complexity index is 824. The fourth-order valence-electron chi connectivity index (χ4n) is 4.79. The molecule has 3 heterocycles. The van der Waals surface area contributed by atoms with Gasteiger partial charge < -0.3 is 4.57 Å². The predicted octanol–water partition coefficient (Wildman–Crippen LogP) is 4.40. The molecule has 5 rings (SSSR count). The average Bonchev–Trinajstić information content (AvgIpc) is 3.14. The molecule has 2 saturated heterocycles. The number of imidazole rings is 1. The molecule has 0 saturated carbocycles. The van der Waals surface area contributed by atoms with Crippen molar-refractivity contribution in [1.82, 2.24) is 14.5 Å². The number of fused-ring (bicyclic) bond motifs is 3. The molecule has 0 spiro atoms. The minimum Gasteiger partial charge on any atom is -0.327 e. The van der Waals surface area contributed by atoms with Gasteiger partial charge in [-0.1, -0.05) is 42.5 Å². The largest absolute Gasteiger partial charge is 0.327 e. The van der Waals surface area contributed by atoms with Gasteiger partial charge in [0.15, 0.2) is 0 Å². The second-order valence-corrected chi connectivity index (χ2v) is 7.31. The Morgan fingerprint density at radius 2 is 1.54 bits per heavy atom. The monoisotopic (exact) mass is 317 g/mol. The lowest BCUT2D eigenvalue weighted by atomic mass is 9.96. The smallest absolute Gasteiger partial charge is 0.0960 e. The van der Waals surface area contributed by atoms with Crippen molar-refractivity contribution in [3.8, 4) is 0 Å². The fourth-order valence-corrected chi connectivity index (χ4v) is 4.79. The molecule has 2 bridgehead atoms. The highest BCUT2D eigenvalue weighted by Gasteiger charge is 2.41. The van der Waals surface area contributed by atoms with Crippen LogP contribution in [0, 0.1) is 0 Å². The molecule has 0 amide bonds. The van der Waals surface area contributed by atoms with Gasteiger partial charge in [0.2, 0.25) is 0 Å². The Labute approximate surface area is 142 Å². The summed E-state index contributed by atoms with van der Waals surface area (Å²) in [6, 6.07) is 21.5. The van der Waals surface area contributed by atoms with E-state index in [4.69, 9.17) is 0 Å². The molecule has 2 aliphatic heterocycles. The first-order chi connectivity index (χ1) is 11.9. The third-order valence-corrected chi connectivity index (χ3v) is 5.94. The van der Waals surface area contributed by atoms with Crippen LogP contribution in [0.25, 0.3) is 11.0 Å². The van der Waals surface area contributed by atoms with Crippen LogP contribution in [0.2, 0.25) is 0 Å². The van der Waals surface area contributed by atoms with E-state index in [-0.39, 0.29) is 0 Å². The predicted molar refractivity (Wildman–Crippen MR) is 96.8 cm³/mol. The molecule has 3 nitrogen and oxygen atoms in total. The number of nitrogens with zero attached hydrogens (tertiary/aromatic N) is 3. The average molecular weight is 317 g/mol. The van der Waals surface area contributed by atoms with Crippen molar-refractivity contribution >= 4 is 11.0 Å². The van der Waals surface area contributed by atoms with E-state index in [1.165, 1.54) is 36.8 Å². The van der Waals surface area contributed by atoms with E-state index in [2.05, 4.69) is 75.4 Å². The highest BCUT2D eigenvalue weighted by molar-refractivity contribution is 5.75. The van der Waals surface area contributed by atoms with Crippen molar-refractivity contribution in [3.63, 3.8) is 0 Å². The molecular formula is C21H23N3. The normalized spacial score (nSPS) is 26.9. The second kappa shape index (κ2) is 5.75. The van der Waals surface area contributed by atoms with E-state index < -0.39 is 0 Å². The zero-order valence-corrected chi connectivity index (χ0v) is 13.9. The summed E-state index contributed by atoms with van der Waals surface area (Å²) < 4.78 is 2.43. The van der Waals surface area contributed by atoms with E-state index in [1.807, 2.05) is 0 Å². The SMILES string of the molecule is c1ccc(CN2C3CCC2CC(n2cnc4ccccc42)C3)cc1. The lowest BCUT2D eigenvalue weighted by Crippen LogP contribution is -2.42. The quantitative estimate of drug-likeness (QED) is 0.714. The minimum atomic E-state index is 0.599. The summed E-state index contributed by atoms with van der Waals surface area (Å²) >= 11 is 0. The van der Waals surface area contributed by atoms with E-state index in [1.54, 1.807) is 0 Å². The number of rotatable bonds is 3. The number of hydrogen-bond acceptors (Lipinski definition) is 2. The van der Waals surface area contributed by atoms with Crippen LogP contribution in [-0.4, -0.2) is 26.5 Å². The Balaban J connectivity index is 1.39. The first-order valence-corrected chi connectivity index (χ1v) is 9.10.